The predicted octanol–water partition coefficient (Wildman–Crippen LogP) is 5.98. The third-order valence-electron chi connectivity index (χ3n) is 4.09. The van der Waals surface area contributed by atoms with Gasteiger partial charge in [0.1, 0.15) is 0 Å². The monoisotopic (exact) mass is 330 g/mol. The molecule has 3 aromatic rings. The maximum Gasteiger partial charge on any atom is 0.330 e. The van der Waals surface area contributed by atoms with Gasteiger partial charge in [0.15, 0.2) is 0 Å². The van der Waals surface area contributed by atoms with Crippen molar-refractivity contribution in [3.63, 3.8) is 0 Å². The molecule has 25 heavy (non-hydrogen) atoms. The minimum absolute atomic E-state index is 0.184. The van der Waals surface area contributed by atoms with Crippen LogP contribution < -0.4 is 10.2 Å². The van der Waals surface area contributed by atoms with Gasteiger partial charge in [-0.15, -0.1) is 0 Å². The van der Waals surface area contributed by atoms with Crippen LogP contribution in [0, 0.1) is 20.8 Å². The Balaban J connectivity index is 1.94. The van der Waals surface area contributed by atoms with Crippen LogP contribution >= 0.6 is 0 Å². The minimum atomic E-state index is -0.184. The molecule has 0 aliphatic rings. The maximum absolute atomic E-state index is 13.0. The fourth-order valence-electron chi connectivity index (χ4n) is 2.59. The standard InChI is InChI=1S/C22H22N2O/c1-16-4-10-19(11-5-16)23-22(25)24(20-12-6-17(2)7-13-20)21-14-8-18(3)9-15-21/h4-15H,1-3H3,(H,23,25). The van der Waals surface area contributed by atoms with Crippen LogP contribution in [-0.4, -0.2) is 6.03 Å². The summed E-state index contributed by atoms with van der Waals surface area (Å²) in [6.07, 6.45) is 0. The quantitative estimate of drug-likeness (QED) is 0.629. The summed E-state index contributed by atoms with van der Waals surface area (Å²) in [6, 6.07) is 23.5. The number of benzene rings is 3. The molecule has 3 heteroatoms. The molecule has 126 valence electrons. The summed E-state index contributed by atoms with van der Waals surface area (Å²) in [7, 11) is 0. The third kappa shape index (κ3) is 4.07. The van der Waals surface area contributed by atoms with Gasteiger partial charge in [-0.2, -0.15) is 0 Å². The topological polar surface area (TPSA) is 32.3 Å². The lowest BCUT2D eigenvalue weighted by atomic mass is 10.1. The number of rotatable bonds is 3. The first-order chi connectivity index (χ1) is 12.0. The van der Waals surface area contributed by atoms with Crippen LogP contribution in [0.3, 0.4) is 0 Å². The molecule has 3 nitrogen and oxygen atoms in total. The second kappa shape index (κ2) is 7.22. The average Bonchev–Trinajstić information content (AvgIpc) is 2.60. The molecule has 1 N–H and O–H groups in total. The van der Waals surface area contributed by atoms with E-state index >= 15 is 0 Å². The molecule has 0 unspecified atom stereocenters. The summed E-state index contributed by atoms with van der Waals surface area (Å²) < 4.78 is 0. The van der Waals surface area contributed by atoms with Crippen molar-refractivity contribution in [2.24, 2.45) is 0 Å². The van der Waals surface area contributed by atoms with Crippen LogP contribution in [-0.2, 0) is 0 Å². The smallest absolute Gasteiger partial charge is 0.307 e. The van der Waals surface area contributed by atoms with Crippen LogP contribution in [0.1, 0.15) is 16.7 Å². The third-order valence-corrected chi connectivity index (χ3v) is 4.09. The Hall–Kier alpha value is -3.07. The van der Waals surface area contributed by atoms with Crippen LogP contribution in [0.15, 0.2) is 72.8 Å². The number of urea groups is 1. The molecule has 0 atom stereocenters. The van der Waals surface area contributed by atoms with E-state index in [0.29, 0.717) is 0 Å². The molecule has 0 bridgehead atoms. The molecule has 0 spiro atoms. The zero-order valence-corrected chi connectivity index (χ0v) is 14.8. The summed E-state index contributed by atoms with van der Waals surface area (Å²) in [5, 5.41) is 2.98. The number of carbonyl (C=O) groups excluding carboxylic acids is 1. The van der Waals surface area contributed by atoms with Gasteiger partial charge in [-0.25, -0.2) is 4.79 Å². The highest BCUT2D eigenvalue weighted by Gasteiger charge is 2.18. The van der Waals surface area contributed by atoms with E-state index in [9.17, 15) is 4.79 Å². The van der Waals surface area contributed by atoms with Crippen LogP contribution in [0.4, 0.5) is 21.9 Å². The van der Waals surface area contributed by atoms with Gasteiger partial charge < -0.3 is 5.32 Å². The van der Waals surface area contributed by atoms with E-state index in [0.717, 1.165) is 33.8 Å². The Kier molecular flexibility index (Phi) is 4.85. The first-order valence-corrected chi connectivity index (χ1v) is 8.34. The molecule has 0 fully saturated rings. The fraction of sp³-hybridized carbons (Fsp3) is 0.136. The summed E-state index contributed by atoms with van der Waals surface area (Å²) in [4.78, 5) is 14.7. The normalized spacial score (nSPS) is 10.4. The number of amides is 2. The molecular weight excluding hydrogens is 308 g/mol. The molecule has 2 amide bonds. The van der Waals surface area contributed by atoms with Gasteiger partial charge in [0, 0.05) is 5.69 Å². The summed E-state index contributed by atoms with van der Waals surface area (Å²) in [6.45, 7) is 6.09. The SMILES string of the molecule is Cc1ccc(NC(=O)N(c2ccc(C)cc2)c2ccc(C)cc2)cc1. The molecule has 0 aromatic heterocycles. The largest absolute Gasteiger partial charge is 0.330 e. The van der Waals surface area contributed by atoms with E-state index in [1.54, 1.807) is 4.90 Å². The maximum atomic E-state index is 13.0. The summed E-state index contributed by atoms with van der Waals surface area (Å²) in [5.41, 5.74) is 5.92. The van der Waals surface area contributed by atoms with E-state index in [4.69, 9.17) is 0 Å². The lowest BCUT2D eigenvalue weighted by Gasteiger charge is -2.24. The Labute approximate surface area is 148 Å². The highest BCUT2D eigenvalue weighted by Crippen LogP contribution is 2.27. The minimum Gasteiger partial charge on any atom is -0.307 e. The number of anilines is 3. The Morgan fingerprint density at radius 2 is 1.00 bits per heavy atom. The second-order valence-corrected chi connectivity index (χ2v) is 6.30. The summed E-state index contributed by atoms with van der Waals surface area (Å²) in [5.74, 6) is 0. The molecule has 0 saturated heterocycles. The number of carbonyl (C=O) groups is 1. The molecule has 0 aliphatic heterocycles. The Bertz CT molecular complexity index is 805. The number of nitrogens with one attached hydrogen (secondary N) is 1. The lowest BCUT2D eigenvalue weighted by molar-refractivity contribution is 0.259. The molecule has 3 aromatic carbocycles. The average molecular weight is 330 g/mol. The highest BCUT2D eigenvalue weighted by atomic mass is 16.2. The van der Waals surface area contributed by atoms with Crippen LogP contribution in [0.2, 0.25) is 0 Å². The van der Waals surface area contributed by atoms with Gasteiger partial charge in [-0.05, 0) is 57.2 Å². The van der Waals surface area contributed by atoms with Crippen molar-refractivity contribution in [1.82, 2.24) is 0 Å². The summed E-state index contributed by atoms with van der Waals surface area (Å²) >= 11 is 0. The lowest BCUT2D eigenvalue weighted by Crippen LogP contribution is -2.30. The first-order valence-electron chi connectivity index (χ1n) is 8.34. The van der Waals surface area contributed by atoms with E-state index in [1.807, 2.05) is 93.6 Å². The van der Waals surface area contributed by atoms with Crippen molar-refractivity contribution in [2.75, 3.05) is 10.2 Å². The van der Waals surface area contributed by atoms with E-state index < -0.39 is 0 Å². The van der Waals surface area contributed by atoms with Gasteiger partial charge in [0.05, 0.1) is 11.4 Å². The van der Waals surface area contributed by atoms with Crippen molar-refractivity contribution in [1.29, 1.82) is 0 Å². The van der Waals surface area contributed by atoms with Gasteiger partial charge in [0.25, 0.3) is 0 Å². The van der Waals surface area contributed by atoms with Gasteiger partial charge in [0.2, 0.25) is 0 Å². The molecule has 0 heterocycles. The Morgan fingerprint density at radius 3 is 1.40 bits per heavy atom. The second-order valence-electron chi connectivity index (χ2n) is 6.30. The highest BCUT2D eigenvalue weighted by molar-refractivity contribution is 6.07. The molecular formula is C22H22N2O. The zero-order chi connectivity index (χ0) is 17.8. The number of nitrogens with zero attached hydrogens (tertiary/aromatic N) is 1. The van der Waals surface area contributed by atoms with Crippen LogP contribution in [0.25, 0.3) is 0 Å². The molecule has 0 radical (unpaired) electrons. The van der Waals surface area contributed by atoms with Crippen LogP contribution in [0.5, 0.6) is 0 Å². The van der Waals surface area contributed by atoms with E-state index in [2.05, 4.69) is 5.32 Å². The Morgan fingerprint density at radius 1 is 0.640 bits per heavy atom. The van der Waals surface area contributed by atoms with Crippen molar-refractivity contribution in [2.45, 2.75) is 20.8 Å². The molecule has 0 saturated carbocycles. The van der Waals surface area contributed by atoms with Crippen molar-refractivity contribution >= 4 is 23.1 Å². The van der Waals surface area contributed by atoms with E-state index in [-0.39, 0.29) is 6.03 Å². The molecule has 3 rings (SSSR count). The van der Waals surface area contributed by atoms with E-state index in [1.165, 1.54) is 0 Å². The number of hydrogen-bond acceptors (Lipinski definition) is 1. The zero-order valence-electron chi connectivity index (χ0n) is 14.8. The van der Waals surface area contributed by atoms with Gasteiger partial charge >= 0.3 is 6.03 Å². The van der Waals surface area contributed by atoms with Gasteiger partial charge in [-0.1, -0.05) is 53.1 Å². The van der Waals surface area contributed by atoms with Crippen molar-refractivity contribution < 1.29 is 4.79 Å². The number of aryl methyl sites for hydroxylation is 3. The molecule has 0 aliphatic carbocycles. The predicted molar refractivity (Wildman–Crippen MR) is 105 cm³/mol. The van der Waals surface area contributed by atoms with Crippen molar-refractivity contribution in [3.8, 4) is 0 Å². The fourth-order valence-corrected chi connectivity index (χ4v) is 2.59. The van der Waals surface area contributed by atoms with Crippen molar-refractivity contribution in [3.05, 3.63) is 89.5 Å². The number of hydrogen-bond donors (Lipinski definition) is 1. The van der Waals surface area contributed by atoms with Gasteiger partial charge in [-0.3, -0.25) is 4.90 Å². The first kappa shape index (κ1) is 16.8.